The second-order valence-corrected chi connectivity index (χ2v) is 7.25. The molecule has 5 nitrogen and oxygen atoms in total. The van der Waals surface area contributed by atoms with Gasteiger partial charge in [-0.05, 0) is 29.2 Å². The highest BCUT2D eigenvalue weighted by Crippen LogP contribution is 2.45. The van der Waals surface area contributed by atoms with Crippen molar-refractivity contribution >= 4 is 16.6 Å². The van der Waals surface area contributed by atoms with Crippen LogP contribution in [0.4, 0.5) is 0 Å². The second kappa shape index (κ2) is 6.57. The molecular formula is C22H22N4O. The lowest BCUT2D eigenvalue weighted by molar-refractivity contribution is -0.116. The number of hydrogen-bond donors (Lipinski definition) is 1. The maximum absolute atomic E-state index is 12.9. The van der Waals surface area contributed by atoms with Crippen molar-refractivity contribution in [3.8, 4) is 6.07 Å². The number of hydrazine groups is 1. The van der Waals surface area contributed by atoms with Gasteiger partial charge in [-0.25, -0.2) is 5.01 Å². The zero-order chi connectivity index (χ0) is 19.1. The molecule has 4 rings (SSSR count). The normalized spacial score (nSPS) is 20.3. The number of benzene rings is 2. The number of Topliss-reactive ketones (excluding diaryl/α,β-unsaturated/α-hetero) is 1. The first kappa shape index (κ1) is 17.3. The number of nitrogens with two attached hydrogens (primary N) is 1. The lowest BCUT2D eigenvalue weighted by atomic mass is 9.76. The van der Waals surface area contributed by atoms with Gasteiger partial charge in [0.15, 0.2) is 5.78 Å². The van der Waals surface area contributed by atoms with Crippen molar-refractivity contribution in [1.29, 1.82) is 5.26 Å². The predicted octanol–water partition coefficient (Wildman–Crippen LogP) is 3.42. The van der Waals surface area contributed by atoms with E-state index in [1.807, 2.05) is 54.4 Å². The highest BCUT2D eigenvalue weighted by Gasteiger charge is 2.40. The number of fused-ring (bicyclic) bond motifs is 1. The minimum absolute atomic E-state index is 0.113. The van der Waals surface area contributed by atoms with E-state index in [1.54, 1.807) is 0 Å². The van der Waals surface area contributed by atoms with E-state index in [0.29, 0.717) is 17.8 Å². The average molecular weight is 358 g/mol. The van der Waals surface area contributed by atoms with Crippen molar-refractivity contribution < 1.29 is 4.79 Å². The maximum Gasteiger partial charge on any atom is 0.161 e. The Labute approximate surface area is 158 Å². The van der Waals surface area contributed by atoms with E-state index in [0.717, 1.165) is 40.4 Å². The van der Waals surface area contributed by atoms with E-state index in [2.05, 4.69) is 18.2 Å². The van der Waals surface area contributed by atoms with Gasteiger partial charge in [-0.3, -0.25) is 9.80 Å². The number of rotatable bonds is 2. The van der Waals surface area contributed by atoms with Crippen LogP contribution in [0.25, 0.3) is 10.8 Å². The molecule has 0 spiro atoms. The zero-order valence-corrected chi connectivity index (χ0v) is 15.6. The monoisotopic (exact) mass is 358 g/mol. The number of hydrogen-bond acceptors (Lipinski definition) is 5. The topological polar surface area (TPSA) is 73.4 Å². The van der Waals surface area contributed by atoms with Gasteiger partial charge in [0.1, 0.15) is 5.82 Å². The van der Waals surface area contributed by atoms with Crippen LogP contribution in [0.15, 0.2) is 65.1 Å². The fourth-order valence-electron chi connectivity index (χ4n) is 4.25. The lowest BCUT2D eigenvalue weighted by Gasteiger charge is -2.42. The lowest BCUT2D eigenvalue weighted by Crippen LogP contribution is -2.45. The van der Waals surface area contributed by atoms with Gasteiger partial charge in [0.2, 0.25) is 0 Å². The van der Waals surface area contributed by atoms with Crippen LogP contribution in [-0.4, -0.2) is 29.9 Å². The summed E-state index contributed by atoms with van der Waals surface area (Å²) in [6.45, 7) is 0. The molecule has 1 heterocycles. The quantitative estimate of drug-likeness (QED) is 0.890. The Morgan fingerprint density at radius 2 is 1.89 bits per heavy atom. The molecule has 2 aromatic rings. The summed E-state index contributed by atoms with van der Waals surface area (Å²) in [4.78, 5) is 12.9. The van der Waals surface area contributed by atoms with Gasteiger partial charge in [-0.15, -0.1) is 0 Å². The molecule has 0 amide bonds. The molecule has 5 heteroatoms. The van der Waals surface area contributed by atoms with Crippen LogP contribution in [0.3, 0.4) is 0 Å². The van der Waals surface area contributed by atoms with E-state index in [1.165, 1.54) is 0 Å². The third kappa shape index (κ3) is 2.70. The number of nitriles is 1. The molecule has 0 aromatic heterocycles. The summed E-state index contributed by atoms with van der Waals surface area (Å²) in [5.74, 6) is 0.120. The molecule has 1 aliphatic carbocycles. The van der Waals surface area contributed by atoms with Gasteiger partial charge >= 0.3 is 0 Å². The summed E-state index contributed by atoms with van der Waals surface area (Å²) in [6, 6.07) is 16.5. The van der Waals surface area contributed by atoms with Crippen molar-refractivity contribution in [2.75, 3.05) is 14.1 Å². The highest BCUT2D eigenvalue weighted by atomic mass is 16.1. The fraction of sp³-hybridized carbons (Fsp3) is 0.273. The fourth-order valence-corrected chi connectivity index (χ4v) is 4.25. The van der Waals surface area contributed by atoms with Crippen molar-refractivity contribution in [2.45, 2.75) is 25.2 Å². The molecule has 1 aliphatic heterocycles. The highest BCUT2D eigenvalue weighted by molar-refractivity contribution is 6.00. The molecule has 2 N–H and O–H groups in total. The van der Waals surface area contributed by atoms with E-state index < -0.39 is 5.92 Å². The Kier molecular flexibility index (Phi) is 4.21. The summed E-state index contributed by atoms with van der Waals surface area (Å²) in [6.07, 6.45) is 2.10. The Morgan fingerprint density at radius 1 is 1.15 bits per heavy atom. The average Bonchev–Trinajstić information content (AvgIpc) is 2.66. The van der Waals surface area contributed by atoms with Crippen molar-refractivity contribution in [3.05, 3.63) is 70.7 Å². The minimum Gasteiger partial charge on any atom is -0.383 e. The van der Waals surface area contributed by atoms with Crippen LogP contribution in [0.1, 0.15) is 30.7 Å². The maximum atomic E-state index is 12.9. The molecule has 1 atom stereocenters. The SMILES string of the molecule is CN(C)N1C(N)=C(C#N)[C@@H](c2ccc3ccccc3c2)C2=C1CCCC2=O. The number of ketones is 1. The van der Waals surface area contributed by atoms with Gasteiger partial charge in [0, 0.05) is 31.8 Å². The van der Waals surface area contributed by atoms with E-state index >= 15 is 0 Å². The predicted molar refractivity (Wildman–Crippen MR) is 105 cm³/mol. The van der Waals surface area contributed by atoms with Gasteiger partial charge < -0.3 is 5.73 Å². The van der Waals surface area contributed by atoms with E-state index in [9.17, 15) is 10.1 Å². The van der Waals surface area contributed by atoms with Gasteiger partial charge in [-0.1, -0.05) is 42.5 Å². The summed E-state index contributed by atoms with van der Waals surface area (Å²) in [5, 5.41) is 15.8. The van der Waals surface area contributed by atoms with Gasteiger partial charge in [-0.2, -0.15) is 5.26 Å². The minimum atomic E-state index is -0.404. The standard InChI is InChI=1S/C22H22N4O/c1-25(2)26-18-8-5-9-19(27)21(18)20(17(13-23)22(26)24)16-11-10-14-6-3-4-7-15(14)12-16/h3-4,6-7,10-12,20H,5,8-9,24H2,1-2H3/t20-/m1/s1. The smallest absolute Gasteiger partial charge is 0.161 e. The first-order valence-electron chi connectivity index (χ1n) is 9.15. The molecule has 27 heavy (non-hydrogen) atoms. The van der Waals surface area contributed by atoms with E-state index in [4.69, 9.17) is 5.73 Å². The Morgan fingerprint density at radius 3 is 2.59 bits per heavy atom. The molecule has 2 aliphatic rings. The van der Waals surface area contributed by atoms with Crippen LogP contribution >= 0.6 is 0 Å². The van der Waals surface area contributed by atoms with Gasteiger partial charge in [0.25, 0.3) is 0 Å². The molecule has 0 bridgehead atoms. The summed E-state index contributed by atoms with van der Waals surface area (Å²) >= 11 is 0. The molecule has 0 saturated heterocycles. The van der Waals surface area contributed by atoms with Crippen molar-refractivity contribution in [3.63, 3.8) is 0 Å². The van der Waals surface area contributed by atoms with Crippen molar-refractivity contribution in [2.24, 2.45) is 5.73 Å². The third-order valence-electron chi connectivity index (χ3n) is 5.39. The van der Waals surface area contributed by atoms with E-state index in [-0.39, 0.29) is 5.78 Å². The zero-order valence-electron chi connectivity index (χ0n) is 15.6. The first-order chi connectivity index (χ1) is 13.0. The third-order valence-corrected chi connectivity index (χ3v) is 5.39. The van der Waals surface area contributed by atoms with Crippen LogP contribution in [0.5, 0.6) is 0 Å². The van der Waals surface area contributed by atoms with Crippen LogP contribution in [0, 0.1) is 11.3 Å². The molecular weight excluding hydrogens is 336 g/mol. The summed E-state index contributed by atoms with van der Waals surface area (Å²) in [7, 11) is 3.75. The van der Waals surface area contributed by atoms with Crippen LogP contribution in [-0.2, 0) is 4.79 Å². The molecule has 2 aromatic carbocycles. The first-order valence-corrected chi connectivity index (χ1v) is 9.15. The van der Waals surface area contributed by atoms with Crippen molar-refractivity contribution in [1.82, 2.24) is 10.0 Å². The van der Waals surface area contributed by atoms with Crippen LogP contribution < -0.4 is 5.73 Å². The Bertz CT molecular complexity index is 1040. The second-order valence-electron chi connectivity index (χ2n) is 7.25. The van der Waals surface area contributed by atoms with Crippen LogP contribution in [0.2, 0.25) is 0 Å². The Hall–Kier alpha value is -3.10. The molecule has 0 saturated carbocycles. The molecule has 0 radical (unpaired) electrons. The largest absolute Gasteiger partial charge is 0.383 e. The number of allylic oxidation sites excluding steroid dienone is 3. The Balaban J connectivity index is 1.97. The van der Waals surface area contributed by atoms with Gasteiger partial charge in [0.05, 0.1) is 17.6 Å². The molecule has 0 unspecified atom stereocenters. The number of carbonyl (C=O) groups excluding carboxylic acids is 1. The number of nitrogens with zero attached hydrogens (tertiary/aromatic N) is 3. The molecule has 136 valence electrons. The molecule has 0 fully saturated rings. The number of carbonyl (C=O) groups is 1. The summed E-state index contributed by atoms with van der Waals surface area (Å²) < 4.78 is 0. The summed E-state index contributed by atoms with van der Waals surface area (Å²) in [5.41, 5.74) is 9.44.